The predicted molar refractivity (Wildman–Crippen MR) is 185 cm³/mol. The van der Waals surface area contributed by atoms with E-state index in [-0.39, 0.29) is 0 Å². The molecule has 204 valence electrons. The van der Waals surface area contributed by atoms with Crippen LogP contribution in [0.3, 0.4) is 0 Å². The standard InChI is InChI=1S/C41H25N3/c1-2-11-27-22-29(21-20-26(27)10-1)28-12-9-13-30(23-28)43-37-18-7-5-15-32(37)35-24-34-31-14-3-4-16-33(31)41-42-36-17-6-8-19-38(36)44(41)40(34)25-39(35)43/h1-25H. The van der Waals surface area contributed by atoms with Crippen molar-refractivity contribution in [3.63, 3.8) is 0 Å². The van der Waals surface area contributed by atoms with Crippen molar-refractivity contribution in [3.8, 4) is 16.8 Å². The lowest BCUT2D eigenvalue weighted by Crippen LogP contribution is -1.96. The van der Waals surface area contributed by atoms with E-state index in [2.05, 4.69) is 161 Å². The molecule has 0 bridgehead atoms. The van der Waals surface area contributed by atoms with Crippen LogP contribution in [0.4, 0.5) is 0 Å². The molecule has 10 rings (SSSR count). The van der Waals surface area contributed by atoms with E-state index in [1.807, 2.05) is 0 Å². The summed E-state index contributed by atoms with van der Waals surface area (Å²) in [7, 11) is 0. The minimum Gasteiger partial charge on any atom is -0.309 e. The van der Waals surface area contributed by atoms with E-state index in [0.29, 0.717) is 0 Å². The summed E-state index contributed by atoms with van der Waals surface area (Å²) < 4.78 is 4.77. The quantitative estimate of drug-likeness (QED) is 0.193. The van der Waals surface area contributed by atoms with E-state index in [1.165, 1.54) is 59.9 Å². The Kier molecular flexibility index (Phi) is 4.72. The Morgan fingerprint density at radius 2 is 1.09 bits per heavy atom. The summed E-state index contributed by atoms with van der Waals surface area (Å²) >= 11 is 0. The van der Waals surface area contributed by atoms with Gasteiger partial charge in [0.25, 0.3) is 0 Å². The van der Waals surface area contributed by atoms with Crippen molar-refractivity contribution >= 4 is 70.9 Å². The number of para-hydroxylation sites is 3. The third-order valence-corrected chi connectivity index (χ3v) is 9.24. The van der Waals surface area contributed by atoms with Gasteiger partial charge >= 0.3 is 0 Å². The summed E-state index contributed by atoms with van der Waals surface area (Å²) in [5.41, 5.74) is 10.2. The maximum Gasteiger partial charge on any atom is 0.146 e. The Balaban J connectivity index is 1.32. The number of rotatable bonds is 2. The smallest absolute Gasteiger partial charge is 0.146 e. The molecule has 0 saturated heterocycles. The van der Waals surface area contributed by atoms with Gasteiger partial charge in [-0.05, 0) is 75.8 Å². The Labute approximate surface area is 252 Å². The zero-order valence-corrected chi connectivity index (χ0v) is 23.8. The third-order valence-electron chi connectivity index (χ3n) is 9.24. The van der Waals surface area contributed by atoms with E-state index in [1.54, 1.807) is 0 Å². The molecule has 0 aliphatic rings. The van der Waals surface area contributed by atoms with Crippen LogP contribution in [0, 0.1) is 0 Å². The highest BCUT2D eigenvalue weighted by molar-refractivity contribution is 6.20. The molecule has 0 spiro atoms. The van der Waals surface area contributed by atoms with Crippen LogP contribution < -0.4 is 0 Å². The van der Waals surface area contributed by atoms with Crippen molar-refractivity contribution in [3.05, 3.63) is 152 Å². The second-order valence-corrected chi connectivity index (χ2v) is 11.7. The molecule has 3 aromatic heterocycles. The van der Waals surface area contributed by atoms with Gasteiger partial charge in [-0.3, -0.25) is 4.40 Å². The molecule has 0 unspecified atom stereocenters. The summed E-state index contributed by atoms with van der Waals surface area (Å²) in [4.78, 5) is 5.12. The van der Waals surface area contributed by atoms with Crippen LogP contribution in [0.1, 0.15) is 0 Å². The van der Waals surface area contributed by atoms with Crippen LogP contribution in [-0.2, 0) is 0 Å². The molecular formula is C41H25N3. The van der Waals surface area contributed by atoms with Gasteiger partial charge < -0.3 is 4.57 Å². The van der Waals surface area contributed by atoms with Gasteiger partial charge in [-0.25, -0.2) is 4.98 Å². The summed E-state index contributed by atoms with van der Waals surface area (Å²) in [6.45, 7) is 0. The Bertz CT molecular complexity index is 2780. The summed E-state index contributed by atoms with van der Waals surface area (Å²) in [6, 6.07) is 54.9. The van der Waals surface area contributed by atoms with Crippen molar-refractivity contribution in [2.75, 3.05) is 0 Å². The maximum atomic E-state index is 5.12. The second-order valence-electron chi connectivity index (χ2n) is 11.7. The van der Waals surface area contributed by atoms with E-state index in [0.717, 1.165) is 27.9 Å². The van der Waals surface area contributed by atoms with Crippen molar-refractivity contribution in [2.24, 2.45) is 0 Å². The van der Waals surface area contributed by atoms with Crippen molar-refractivity contribution < 1.29 is 0 Å². The van der Waals surface area contributed by atoms with Gasteiger partial charge in [-0.2, -0.15) is 0 Å². The monoisotopic (exact) mass is 559 g/mol. The highest BCUT2D eigenvalue weighted by Crippen LogP contribution is 2.39. The summed E-state index contributed by atoms with van der Waals surface area (Å²) in [6.07, 6.45) is 0. The first-order chi connectivity index (χ1) is 21.8. The van der Waals surface area contributed by atoms with E-state index >= 15 is 0 Å². The molecule has 3 nitrogen and oxygen atoms in total. The molecule has 0 fully saturated rings. The summed E-state index contributed by atoms with van der Waals surface area (Å²) in [5.74, 6) is 0. The molecule has 0 amide bonds. The topological polar surface area (TPSA) is 22.2 Å². The molecule has 0 aliphatic heterocycles. The largest absolute Gasteiger partial charge is 0.309 e. The van der Waals surface area contributed by atoms with Gasteiger partial charge in [0.15, 0.2) is 0 Å². The number of benzene rings is 7. The minimum atomic E-state index is 0.995. The van der Waals surface area contributed by atoms with Gasteiger partial charge in [-0.1, -0.05) is 103 Å². The lowest BCUT2D eigenvalue weighted by Gasteiger charge is -2.13. The van der Waals surface area contributed by atoms with Crippen LogP contribution >= 0.6 is 0 Å². The van der Waals surface area contributed by atoms with Gasteiger partial charge in [0.1, 0.15) is 5.65 Å². The highest BCUT2D eigenvalue weighted by Gasteiger charge is 2.18. The number of aromatic nitrogens is 3. The van der Waals surface area contributed by atoms with Crippen LogP contribution in [-0.4, -0.2) is 14.0 Å². The van der Waals surface area contributed by atoms with E-state index < -0.39 is 0 Å². The van der Waals surface area contributed by atoms with Gasteiger partial charge in [-0.15, -0.1) is 0 Å². The third kappa shape index (κ3) is 3.24. The Hall–Kier alpha value is -5.93. The molecule has 0 N–H and O–H groups in total. The molecule has 3 heterocycles. The number of hydrogen-bond donors (Lipinski definition) is 0. The SMILES string of the molecule is c1cc(-c2ccc3ccccc3c2)cc(-n2c3ccccc3c3cc4c5ccccc5c5nc6ccccc6n5c4cc32)c1. The fraction of sp³-hybridized carbons (Fsp3) is 0. The van der Waals surface area contributed by atoms with E-state index in [4.69, 9.17) is 4.98 Å². The minimum absolute atomic E-state index is 0.995. The highest BCUT2D eigenvalue weighted by atomic mass is 15.0. The maximum absolute atomic E-state index is 5.12. The summed E-state index contributed by atoms with van der Waals surface area (Å²) in [5, 5.41) is 8.63. The predicted octanol–water partition coefficient (Wildman–Crippen LogP) is 10.7. The van der Waals surface area contributed by atoms with Gasteiger partial charge in [0.2, 0.25) is 0 Å². The lowest BCUT2D eigenvalue weighted by molar-refractivity contribution is 1.18. The van der Waals surface area contributed by atoms with E-state index in [9.17, 15) is 0 Å². The lowest BCUT2D eigenvalue weighted by atomic mass is 10.0. The van der Waals surface area contributed by atoms with Gasteiger partial charge in [0, 0.05) is 27.2 Å². The molecule has 0 saturated carbocycles. The number of fused-ring (bicyclic) bond motifs is 12. The number of nitrogens with zero attached hydrogens (tertiary/aromatic N) is 3. The van der Waals surface area contributed by atoms with Crippen molar-refractivity contribution in [1.82, 2.24) is 14.0 Å². The normalized spacial score (nSPS) is 12.1. The van der Waals surface area contributed by atoms with Gasteiger partial charge in [0.05, 0.1) is 27.6 Å². The van der Waals surface area contributed by atoms with Crippen molar-refractivity contribution in [1.29, 1.82) is 0 Å². The molecular weight excluding hydrogens is 534 g/mol. The fourth-order valence-corrected chi connectivity index (χ4v) is 7.24. The molecule has 0 radical (unpaired) electrons. The average Bonchev–Trinajstić information content (AvgIpc) is 3.64. The van der Waals surface area contributed by atoms with Crippen LogP contribution in [0.15, 0.2) is 152 Å². The zero-order valence-electron chi connectivity index (χ0n) is 23.8. The average molecular weight is 560 g/mol. The first-order valence-electron chi connectivity index (χ1n) is 15.1. The van der Waals surface area contributed by atoms with Crippen LogP contribution in [0.25, 0.3) is 87.7 Å². The molecule has 44 heavy (non-hydrogen) atoms. The van der Waals surface area contributed by atoms with Crippen LogP contribution in [0.2, 0.25) is 0 Å². The molecule has 0 atom stereocenters. The first-order valence-corrected chi connectivity index (χ1v) is 15.1. The Morgan fingerprint density at radius 1 is 0.386 bits per heavy atom. The first kappa shape index (κ1) is 23.6. The molecule has 0 aliphatic carbocycles. The number of pyridine rings is 1. The number of imidazole rings is 1. The van der Waals surface area contributed by atoms with Crippen LogP contribution in [0.5, 0.6) is 0 Å². The number of hydrogen-bond acceptors (Lipinski definition) is 1. The molecule has 3 heteroatoms. The zero-order chi connectivity index (χ0) is 28.8. The van der Waals surface area contributed by atoms with Crippen molar-refractivity contribution in [2.45, 2.75) is 0 Å². The molecule has 10 aromatic rings. The second kappa shape index (κ2) is 8.79. The fourth-order valence-electron chi connectivity index (χ4n) is 7.24. The Morgan fingerprint density at radius 3 is 2.00 bits per heavy atom. The molecule has 7 aromatic carbocycles.